The minimum atomic E-state index is -0.176. The van der Waals surface area contributed by atoms with Crippen molar-refractivity contribution in [3.63, 3.8) is 0 Å². The molecular formula is C19H25N5O3. The lowest BCUT2D eigenvalue weighted by atomic mass is 9.89. The number of Topliss-reactive ketones (excluding diaryl/α,β-unsaturated/α-hetero) is 1. The number of carbonyl (C=O) groups is 2. The predicted molar refractivity (Wildman–Crippen MR) is 98.3 cm³/mol. The number of rotatable bonds is 7. The molecule has 0 saturated carbocycles. The Kier molecular flexibility index (Phi) is 6.16. The van der Waals surface area contributed by atoms with Gasteiger partial charge in [-0.05, 0) is 49.2 Å². The predicted octanol–water partition coefficient (Wildman–Crippen LogP) is 1.97. The van der Waals surface area contributed by atoms with E-state index >= 15 is 0 Å². The van der Waals surface area contributed by atoms with Gasteiger partial charge < -0.3 is 9.64 Å². The highest BCUT2D eigenvalue weighted by atomic mass is 16.5. The van der Waals surface area contributed by atoms with Crippen molar-refractivity contribution < 1.29 is 14.3 Å². The third-order valence-corrected chi connectivity index (χ3v) is 4.58. The van der Waals surface area contributed by atoms with Gasteiger partial charge in [0.15, 0.2) is 5.78 Å². The van der Waals surface area contributed by atoms with Gasteiger partial charge in [-0.15, -0.1) is 5.10 Å². The normalized spacial score (nSPS) is 17.1. The van der Waals surface area contributed by atoms with E-state index in [0.29, 0.717) is 37.4 Å². The van der Waals surface area contributed by atoms with E-state index in [1.165, 1.54) is 11.0 Å². The summed E-state index contributed by atoms with van der Waals surface area (Å²) in [5, 5.41) is 10.9. The molecule has 0 radical (unpaired) electrons. The van der Waals surface area contributed by atoms with Gasteiger partial charge in [-0.3, -0.25) is 9.59 Å². The van der Waals surface area contributed by atoms with Crippen LogP contribution in [0.25, 0.3) is 0 Å². The molecule has 0 unspecified atom stereocenters. The molecule has 1 aliphatic heterocycles. The van der Waals surface area contributed by atoms with Crippen LogP contribution in [0.2, 0.25) is 0 Å². The fourth-order valence-electron chi connectivity index (χ4n) is 3.30. The molecule has 2 aromatic rings. The zero-order valence-corrected chi connectivity index (χ0v) is 15.7. The second kappa shape index (κ2) is 8.75. The van der Waals surface area contributed by atoms with Crippen molar-refractivity contribution in [3.05, 3.63) is 36.2 Å². The number of ether oxygens (including phenoxy) is 1. The van der Waals surface area contributed by atoms with Crippen LogP contribution in [0, 0.1) is 5.92 Å². The maximum absolute atomic E-state index is 12.9. The first-order valence-corrected chi connectivity index (χ1v) is 9.32. The van der Waals surface area contributed by atoms with Gasteiger partial charge in [0, 0.05) is 31.0 Å². The molecule has 1 aromatic heterocycles. The number of amides is 1. The zero-order valence-electron chi connectivity index (χ0n) is 15.7. The molecule has 144 valence electrons. The lowest BCUT2D eigenvalue weighted by molar-refractivity contribution is -0.132. The fraction of sp³-hybridized carbons (Fsp3) is 0.526. The number of aryl methyl sites for hydroxylation is 1. The highest BCUT2D eigenvalue weighted by Crippen LogP contribution is 2.24. The van der Waals surface area contributed by atoms with Crippen LogP contribution in [-0.2, 0) is 11.3 Å². The van der Waals surface area contributed by atoms with Crippen LogP contribution in [-0.4, -0.2) is 56.0 Å². The lowest BCUT2D eigenvalue weighted by Crippen LogP contribution is -2.42. The Morgan fingerprint density at radius 2 is 2.19 bits per heavy atom. The topological polar surface area (TPSA) is 90.2 Å². The highest BCUT2D eigenvalue weighted by molar-refractivity contribution is 5.98. The molecule has 2 heterocycles. The van der Waals surface area contributed by atoms with Gasteiger partial charge in [0.25, 0.3) is 0 Å². The summed E-state index contributed by atoms with van der Waals surface area (Å²) in [6.07, 6.45) is 3.49. The second-order valence-corrected chi connectivity index (χ2v) is 7.06. The smallest absolute Gasteiger partial charge is 0.224 e. The number of ketones is 1. The molecule has 0 bridgehead atoms. The molecule has 0 N–H and O–H groups in total. The number of tetrazole rings is 1. The molecule has 0 spiro atoms. The van der Waals surface area contributed by atoms with Crippen molar-refractivity contribution in [3.8, 4) is 5.75 Å². The van der Waals surface area contributed by atoms with Crippen LogP contribution < -0.4 is 4.74 Å². The van der Waals surface area contributed by atoms with Gasteiger partial charge in [-0.25, -0.2) is 4.68 Å². The standard InChI is InChI=1S/C19H25N5O3/c1-14(2)27-17-7-3-5-15(11-17)19(26)16-6-4-9-23(12-16)18(25)8-10-24-13-20-21-22-24/h3,5,7,11,13-14,16H,4,6,8-10,12H2,1-2H3/t16-/m1/s1. The van der Waals surface area contributed by atoms with E-state index in [0.717, 1.165) is 12.8 Å². The first kappa shape index (κ1) is 19.0. The molecular weight excluding hydrogens is 346 g/mol. The number of carbonyl (C=O) groups excluding carboxylic acids is 2. The van der Waals surface area contributed by atoms with E-state index in [1.54, 1.807) is 11.0 Å². The maximum Gasteiger partial charge on any atom is 0.224 e. The summed E-state index contributed by atoms with van der Waals surface area (Å²) < 4.78 is 7.22. The van der Waals surface area contributed by atoms with Gasteiger partial charge >= 0.3 is 0 Å². The van der Waals surface area contributed by atoms with Gasteiger partial charge in [-0.2, -0.15) is 0 Å². The number of likely N-dealkylation sites (tertiary alicyclic amines) is 1. The molecule has 1 atom stereocenters. The van der Waals surface area contributed by atoms with Gasteiger partial charge in [0.05, 0.1) is 12.6 Å². The summed E-state index contributed by atoms with van der Waals surface area (Å²) in [6, 6.07) is 7.30. The fourth-order valence-corrected chi connectivity index (χ4v) is 3.30. The average Bonchev–Trinajstić information content (AvgIpc) is 3.19. The van der Waals surface area contributed by atoms with Crippen LogP contribution in [0.5, 0.6) is 5.75 Å². The van der Waals surface area contributed by atoms with Gasteiger partial charge in [0.2, 0.25) is 5.91 Å². The Labute approximate surface area is 158 Å². The van der Waals surface area contributed by atoms with E-state index in [2.05, 4.69) is 15.5 Å². The number of nitrogens with zero attached hydrogens (tertiary/aromatic N) is 5. The van der Waals surface area contributed by atoms with E-state index in [9.17, 15) is 9.59 Å². The van der Waals surface area contributed by atoms with Gasteiger partial charge in [0.1, 0.15) is 12.1 Å². The number of piperidine rings is 1. The van der Waals surface area contributed by atoms with Crippen LogP contribution in [0.15, 0.2) is 30.6 Å². The van der Waals surface area contributed by atoms with Gasteiger partial charge in [-0.1, -0.05) is 12.1 Å². The minimum Gasteiger partial charge on any atom is -0.491 e. The van der Waals surface area contributed by atoms with Crippen molar-refractivity contribution in [2.75, 3.05) is 13.1 Å². The van der Waals surface area contributed by atoms with Crippen LogP contribution >= 0.6 is 0 Å². The summed E-state index contributed by atoms with van der Waals surface area (Å²) in [7, 11) is 0. The molecule has 1 aromatic carbocycles. The first-order valence-electron chi connectivity index (χ1n) is 9.32. The molecule has 0 aliphatic carbocycles. The maximum atomic E-state index is 12.9. The largest absolute Gasteiger partial charge is 0.491 e. The Morgan fingerprint density at radius 3 is 2.93 bits per heavy atom. The van der Waals surface area contributed by atoms with E-state index in [-0.39, 0.29) is 23.7 Å². The summed E-state index contributed by atoms with van der Waals surface area (Å²) in [5.74, 6) is 0.619. The van der Waals surface area contributed by atoms with E-state index < -0.39 is 0 Å². The van der Waals surface area contributed by atoms with Crippen LogP contribution in [0.3, 0.4) is 0 Å². The molecule has 8 nitrogen and oxygen atoms in total. The van der Waals surface area contributed by atoms with Crippen molar-refractivity contribution in [2.45, 2.75) is 45.8 Å². The number of benzene rings is 1. The number of aromatic nitrogens is 4. The molecule has 1 amide bonds. The Hall–Kier alpha value is -2.77. The van der Waals surface area contributed by atoms with Crippen molar-refractivity contribution in [1.82, 2.24) is 25.1 Å². The number of hydrogen-bond acceptors (Lipinski definition) is 6. The summed E-state index contributed by atoms with van der Waals surface area (Å²) in [6.45, 7) is 5.50. The molecule has 1 aliphatic rings. The zero-order chi connectivity index (χ0) is 19.2. The summed E-state index contributed by atoms with van der Waals surface area (Å²) >= 11 is 0. The monoisotopic (exact) mass is 371 g/mol. The average molecular weight is 371 g/mol. The first-order chi connectivity index (χ1) is 13.0. The Morgan fingerprint density at radius 1 is 1.33 bits per heavy atom. The highest BCUT2D eigenvalue weighted by Gasteiger charge is 2.29. The molecule has 8 heteroatoms. The second-order valence-electron chi connectivity index (χ2n) is 7.06. The lowest BCUT2D eigenvalue weighted by Gasteiger charge is -2.32. The molecule has 1 fully saturated rings. The Balaban J connectivity index is 1.60. The Bertz CT molecular complexity index is 775. The van der Waals surface area contributed by atoms with Crippen molar-refractivity contribution in [1.29, 1.82) is 0 Å². The molecule has 1 saturated heterocycles. The van der Waals surface area contributed by atoms with Crippen molar-refractivity contribution in [2.24, 2.45) is 5.92 Å². The summed E-state index contributed by atoms with van der Waals surface area (Å²) in [4.78, 5) is 27.2. The quantitative estimate of drug-likeness (QED) is 0.691. The van der Waals surface area contributed by atoms with Crippen LogP contribution in [0.1, 0.15) is 43.5 Å². The number of hydrogen-bond donors (Lipinski definition) is 0. The van der Waals surface area contributed by atoms with E-state index in [1.807, 2.05) is 32.0 Å². The third-order valence-electron chi connectivity index (χ3n) is 4.58. The van der Waals surface area contributed by atoms with Crippen LogP contribution in [0.4, 0.5) is 0 Å². The minimum absolute atomic E-state index is 0.0277. The van der Waals surface area contributed by atoms with Crippen molar-refractivity contribution >= 4 is 11.7 Å². The summed E-state index contributed by atoms with van der Waals surface area (Å²) in [5.41, 5.74) is 0.640. The van der Waals surface area contributed by atoms with E-state index in [4.69, 9.17) is 4.74 Å². The SMILES string of the molecule is CC(C)Oc1cccc(C(=O)[C@@H]2CCCN(C(=O)CCn3cnnn3)C2)c1. The molecule has 3 rings (SSSR count). The third kappa shape index (κ3) is 5.12. The molecule has 27 heavy (non-hydrogen) atoms.